The van der Waals surface area contributed by atoms with Gasteiger partial charge in [-0.2, -0.15) is 5.10 Å². The number of carbonyl (C=O) groups excluding carboxylic acids is 1. The second-order valence-electron chi connectivity index (χ2n) is 8.41. The summed E-state index contributed by atoms with van der Waals surface area (Å²) in [6, 6.07) is 15.6. The molecule has 8 heteroatoms. The van der Waals surface area contributed by atoms with Crippen LogP contribution in [0.25, 0.3) is 5.69 Å². The van der Waals surface area contributed by atoms with Gasteiger partial charge in [-0.1, -0.05) is 18.2 Å². The second-order valence-corrected chi connectivity index (χ2v) is 10.3. The van der Waals surface area contributed by atoms with E-state index in [0.717, 1.165) is 44.3 Å². The van der Waals surface area contributed by atoms with Gasteiger partial charge in [0.05, 0.1) is 18.2 Å². The van der Waals surface area contributed by atoms with E-state index in [9.17, 15) is 13.2 Å². The van der Waals surface area contributed by atoms with Crippen molar-refractivity contribution in [2.24, 2.45) is 5.10 Å². The lowest BCUT2D eigenvalue weighted by atomic mass is 10.1. The first-order chi connectivity index (χ1) is 15.5. The third-order valence-electron chi connectivity index (χ3n) is 5.30. The van der Waals surface area contributed by atoms with Gasteiger partial charge in [0, 0.05) is 22.6 Å². The molecule has 0 saturated carbocycles. The van der Waals surface area contributed by atoms with E-state index in [2.05, 4.69) is 21.2 Å². The first-order valence-corrected chi connectivity index (χ1v) is 12.4. The van der Waals surface area contributed by atoms with Crippen molar-refractivity contribution in [1.29, 1.82) is 0 Å². The third-order valence-corrected chi connectivity index (χ3v) is 6.45. The van der Waals surface area contributed by atoms with E-state index in [0.29, 0.717) is 5.69 Å². The highest BCUT2D eigenvalue weighted by atomic mass is 32.2. The lowest BCUT2D eigenvalue weighted by Gasteiger charge is -2.22. The van der Waals surface area contributed by atoms with Gasteiger partial charge in [0.25, 0.3) is 5.91 Å². The summed E-state index contributed by atoms with van der Waals surface area (Å²) in [5.41, 5.74) is 9.87. The van der Waals surface area contributed by atoms with Gasteiger partial charge in [-0.3, -0.25) is 9.10 Å². The van der Waals surface area contributed by atoms with Crippen LogP contribution in [0.5, 0.6) is 0 Å². The molecule has 1 N–H and O–H groups in total. The van der Waals surface area contributed by atoms with Crippen molar-refractivity contribution in [2.45, 2.75) is 34.6 Å². The van der Waals surface area contributed by atoms with Crippen molar-refractivity contribution >= 4 is 27.8 Å². The van der Waals surface area contributed by atoms with E-state index in [4.69, 9.17) is 0 Å². The fourth-order valence-electron chi connectivity index (χ4n) is 3.92. The smallest absolute Gasteiger partial charge is 0.260 e. The Labute approximate surface area is 195 Å². The summed E-state index contributed by atoms with van der Waals surface area (Å²) in [6.07, 6.45) is 2.66. The summed E-state index contributed by atoms with van der Waals surface area (Å²) in [5.74, 6) is -0.525. The SMILES string of the molecule is Cc1cc(C)cc(N(CC(=O)N/N=C\c2cc(C)n(-c3cccc(C)c3)c2C)S(C)(=O)=O)c1. The molecule has 3 rings (SSSR count). The summed E-state index contributed by atoms with van der Waals surface area (Å²) in [4.78, 5) is 12.5. The maximum atomic E-state index is 12.5. The minimum Gasteiger partial charge on any atom is -0.318 e. The molecular formula is C25H30N4O3S. The topological polar surface area (TPSA) is 83.8 Å². The number of nitrogens with one attached hydrogen (secondary N) is 1. The molecule has 0 unspecified atom stereocenters. The van der Waals surface area contributed by atoms with E-state index in [-0.39, 0.29) is 6.54 Å². The molecule has 1 heterocycles. The molecule has 0 aliphatic carbocycles. The molecule has 0 aliphatic heterocycles. The van der Waals surface area contributed by atoms with Crippen LogP contribution >= 0.6 is 0 Å². The Morgan fingerprint density at radius 2 is 1.67 bits per heavy atom. The Morgan fingerprint density at radius 3 is 2.27 bits per heavy atom. The highest BCUT2D eigenvalue weighted by Gasteiger charge is 2.21. The van der Waals surface area contributed by atoms with E-state index in [1.54, 1.807) is 18.3 Å². The molecule has 0 atom stereocenters. The zero-order valence-electron chi connectivity index (χ0n) is 19.9. The van der Waals surface area contributed by atoms with Crippen LogP contribution in [-0.2, 0) is 14.8 Å². The zero-order valence-corrected chi connectivity index (χ0v) is 20.7. The summed E-state index contributed by atoms with van der Waals surface area (Å²) < 4.78 is 27.9. The molecule has 1 aromatic heterocycles. The molecule has 0 fully saturated rings. The number of amides is 1. The van der Waals surface area contributed by atoms with Crippen molar-refractivity contribution in [1.82, 2.24) is 9.99 Å². The van der Waals surface area contributed by atoms with E-state index in [1.165, 1.54) is 5.56 Å². The summed E-state index contributed by atoms with van der Waals surface area (Å²) in [6.45, 7) is 9.46. The Hall–Kier alpha value is -3.39. The molecule has 0 saturated heterocycles. The maximum absolute atomic E-state index is 12.5. The minimum atomic E-state index is -3.65. The molecule has 2 aromatic carbocycles. The van der Waals surface area contributed by atoms with E-state index in [1.807, 2.05) is 65.0 Å². The minimum absolute atomic E-state index is 0.360. The van der Waals surface area contributed by atoms with Gasteiger partial charge in [-0.05, 0) is 81.6 Å². The molecule has 1 amide bonds. The van der Waals surface area contributed by atoms with Crippen LogP contribution in [0, 0.1) is 34.6 Å². The molecule has 0 spiro atoms. The van der Waals surface area contributed by atoms with Crippen molar-refractivity contribution in [3.63, 3.8) is 0 Å². The van der Waals surface area contributed by atoms with Crippen LogP contribution in [0.2, 0.25) is 0 Å². The molecule has 33 heavy (non-hydrogen) atoms. The molecule has 0 aliphatic rings. The molecular weight excluding hydrogens is 436 g/mol. The number of aryl methyl sites for hydroxylation is 4. The van der Waals surface area contributed by atoms with Crippen molar-refractivity contribution in [2.75, 3.05) is 17.1 Å². The number of hydrazone groups is 1. The van der Waals surface area contributed by atoms with Gasteiger partial charge >= 0.3 is 0 Å². The number of hydrogen-bond acceptors (Lipinski definition) is 4. The molecule has 0 radical (unpaired) electrons. The van der Waals surface area contributed by atoms with E-state index >= 15 is 0 Å². The average Bonchev–Trinajstić information content (AvgIpc) is 2.97. The van der Waals surface area contributed by atoms with Crippen molar-refractivity contribution in [3.05, 3.63) is 82.2 Å². The standard InChI is InChI=1S/C25H30N4O3S/c1-17-8-7-9-23(11-17)29-20(4)14-22(21(29)5)15-26-27-25(30)16-28(33(6,31)32)24-12-18(2)10-19(3)13-24/h7-15H,16H2,1-6H3,(H,27,30)/b26-15-. The van der Waals surface area contributed by atoms with Gasteiger partial charge in [0.15, 0.2) is 0 Å². The lowest BCUT2D eigenvalue weighted by molar-refractivity contribution is -0.119. The average molecular weight is 467 g/mol. The van der Waals surface area contributed by atoms with Crippen LogP contribution in [0.15, 0.2) is 53.6 Å². The Bertz CT molecular complexity index is 1300. The fraction of sp³-hybridized carbons (Fsp3) is 0.280. The monoisotopic (exact) mass is 466 g/mol. The normalized spacial score (nSPS) is 11.7. The number of nitrogens with zero attached hydrogens (tertiary/aromatic N) is 3. The molecule has 7 nitrogen and oxygen atoms in total. The van der Waals surface area contributed by atoms with E-state index < -0.39 is 15.9 Å². The maximum Gasteiger partial charge on any atom is 0.260 e. The number of sulfonamides is 1. The first kappa shape index (κ1) is 24.3. The van der Waals surface area contributed by atoms with Crippen molar-refractivity contribution < 1.29 is 13.2 Å². The number of hydrogen-bond donors (Lipinski definition) is 1. The summed E-state index contributed by atoms with van der Waals surface area (Å²) >= 11 is 0. The predicted octanol–water partition coefficient (Wildman–Crippen LogP) is 3.94. The second kappa shape index (κ2) is 9.62. The van der Waals surface area contributed by atoms with Gasteiger partial charge in [-0.25, -0.2) is 13.8 Å². The molecule has 174 valence electrons. The third kappa shape index (κ3) is 5.90. The number of benzene rings is 2. The van der Waals surface area contributed by atoms with Gasteiger partial charge in [0.1, 0.15) is 6.54 Å². The van der Waals surface area contributed by atoms with Crippen LogP contribution < -0.4 is 9.73 Å². The Morgan fingerprint density at radius 1 is 1.00 bits per heavy atom. The number of anilines is 1. The Balaban J connectivity index is 1.76. The quantitative estimate of drug-likeness (QED) is 0.423. The first-order valence-electron chi connectivity index (χ1n) is 10.6. The predicted molar refractivity (Wildman–Crippen MR) is 134 cm³/mol. The largest absolute Gasteiger partial charge is 0.318 e. The van der Waals surface area contributed by atoms with Crippen LogP contribution in [0.4, 0.5) is 5.69 Å². The Kier molecular flexibility index (Phi) is 7.07. The zero-order chi connectivity index (χ0) is 24.3. The summed E-state index contributed by atoms with van der Waals surface area (Å²) in [7, 11) is -3.65. The number of carbonyl (C=O) groups is 1. The van der Waals surface area contributed by atoms with Gasteiger partial charge < -0.3 is 4.57 Å². The van der Waals surface area contributed by atoms with Crippen LogP contribution in [-0.4, -0.2) is 37.9 Å². The highest BCUT2D eigenvalue weighted by molar-refractivity contribution is 7.92. The van der Waals surface area contributed by atoms with Crippen LogP contribution in [0.1, 0.15) is 33.6 Å². The van der Waals surface area contributed by atoms with Gasteiger partial charge in [0.2, 0.25) is 10.0 Å². The number of rotatable bonds is 7. The van der Waals surface area contributed by atoms with Gasteiger partial charge in [-0.15, -0.1) is 0 Å². The van der Waals surface area contributed by atoms with Crippen LogP contribution in [0.3, 0.4) is 0 Å². The highest BCUT2D eigenvalue weighted by Crippen LogP contribution is 2.22. The molecule has 3 aromatic rings. The molecule has 0 bridgehead atoms. The fourth-order valence-corrected chi connectivity index (χ4v) is 4.76. The number of aromatic nitrogens is 1. The van der Waals surface area contributed by atoms with Crippen molar-refractivity contribution in [3.8, 4) is 5.69 Å². The lowest BCUT2D eigenvalue weighted by Crippen LogP contribution is -2.39. The summed E-state index contributed by atoms with van der Waals surface area (Å²) in [5, 5.41) is 4.07.